The number of halogens is 2. The van der Waals surface area contributed by atoms with Crippen LogP contribution in [0.1, 0.15) is 32.8 Å². The minimum absolute atomic E-state index is 0.0899. The van der Waals surface area contributed by atoms with E-state index in [1.165, 1.54) is 6.07 Å². The summed E-state index contributed by atoms with van der Waals surface area (Å²) in [6.07, 6.45) is 0.295. The van der Waals surface area contributed by atoms with Crippen LogP contribution >= 0.6 is 11.6 Å². The molecule has 1 atom stereocenters. The molecule has 0 aromatic heterocycles. The van der Waals surface area contributed by atoms with E-state index in [0.717, 1.165) is 0 Å². The van der Waals surface area contributed by atoms with Crippen LogP contribution in [-0.4, -0.2) is 17.8 Å². The van der Waals surface area contributed by atoms with Gasteiger partial charge in [0.15, 0.2) is 0 Å². The van der Waals surface area contributed by atoms with Crippen molar-refractivity contribution in [1.29, 1.82) is 0 Å². The Balaban J connectivity index is 2.37. The molecular weight excluding hydrogens is 253 g/mol. The summed E-state index contributed by atoms with van der Waals surface area (Å²) in [5, 5.41) is 13.2. The Morgan fingerprint density at radius 2 is 2.06 bits per heavy atom. The molecule has 2 nitrogen and oxygen atoms in total. The van der Waals surface area contributed by atoms with E-state index >= 15 is 0 Å². The molecule has 102 valence electrons. The second kappa shape index (κ2) is 6.50. The second-order valence-corrected chi connectivity index (χ2v) is 6.22. The van der Waals surface area contributed by atoms with Crippen molar-refractivity contribution in [1.82, 2.24) is 5.32 Å². The molecule has 1 rings (SSSR count). The fraction of sp³-hybridized carbons (Fsp3) is 0.571. The van der Waals surface area contributed by atoms with Gasteiger partial charge in [0.2, 0.25) is 0 Å². The highest BCUT2D eigenvalue weighted by Crippen LogP contribution is 2.20. The smallest absolute Gasteiger partial charge is 0.129 e. The van der Waals surface area contributed by atoms with E-state index in [2.05, 4.69) is 26.1 Å². The fourth-order valence-corrected chi connectivity index (χ4v) is 1.98. The Hall–Kier alpha value is -0.640. The average Bonchev–Trinajstić information content (AvgIpc) is 2.18. The fourth-order valence-electron chi connectivity index (χ4n) is 1.82. The van der Waals surface area contributed by atoms with E-state index in [4.69, 9.17) is 11.6 Å². The van der Waals surface area contributed by atoms with Gasteiger partial charge >= 0.3 is 0 Å². The summed E-state index contributed by atoms with van der Waals surface area (Å²) in [4.78, 5) is 0. The predicted octanol–water partition coefficient (Wildman–Crippen LogP) is 3.37. The normalized spacial score (nSPS) is 13.7. The molecule has 0 aliphatic heterocycles. The van der Waals surface area contributed by atoms with Gasteiger partial charge in [-0.15, -0.1) is 0 Å². The summed E-state index contributed by atoms with van der Waals surface area (Å²) in [6.45, 7) is 7.09. The summed E-state index contributed by atoms with van der Waals surface area (Å²) in [7, 11) is 0. The zero-order valence-electron chi connectivity index (χ0n) is 11.1. The molecule has 0 radical (unpaired) electrons. The third-order valence-corrected chi connectivity index (χ3v) is 2.79. The monoisotopic (exact) mass is 273 g/mol. The SMILES string of the molecule is CC(C)(C)CC(O)CNCc1ccc(Cl)cc1F. The molecule has 2 N–H and O–H groups in total. The summed E-state index contributed by atoms with van der Waals surface area (Å²) < 4.78 is 13.5. The first-order valence-corrected chi connectivity index (χ1v) is 6.48. The van der Waals surface area contributed by atoms with Gasteiger partial charge in [-0.1, -0.05) is 38.4 Å². The van der Waals surface area contributed by atoms with Crippen molar-refractivity contribution in [2.24, 2.45) is 5.41 Å². The van der Waals surface area contributed by atoms with Crippen molar-refractivity contribution in [3.63, 3.8) is 0 Å². The van der Waals surface area contributed by atoms with E-state index in [-0.39, 0.29) is 11.2 Å². The Morgan fingerprint density at radius 1 is 1.39 bits per heavy atom. The van der Waals surface area contributed by atoms with E-state index in [9.17, 15) is 9.50 Å². The largest absolute Gasteiger partial charge is 0.392 e. The number of rotatable bonds is 5. The first kappa shape index (κ1) is 15.4. The number of aliphatic hydroxyl groups is 1. The maximum absolute atomic E-state index is 13.5. The van der Waals surface area contributed by atoms with Crippen LogP contribution in [0.5, 0.6) is 0 Å². The molecule has 1 aromatic carbocycles. The lowest BCUT2D eigenvalue weighted by Crippen LogP contribution is -2.30. The molecule has 18 heavy (non-hydrogen) atoms. The average molecular weight is 274 g/mol. The van der Waals surface area contributed by atoms with Crippen molar-refractivity contribution in [2.75, 3.05) is 6.54 Å². The topological polar surface area (TPSA) is 32.3 Å². The van der Waals surface area contributed by atoms with Crippen LogP contribution in [0.15, 0.2) is 18.2 Å². The molecule has 0 spiro atoms. The number of hydrogen-bond donors (Lipinski definition) is 2. The van der Waals surface area contributed by atoms with Gasteiger partial charge in [-0.2, -0.15) is 0 Å². The van der Waals surface area contributed by atoms with Crippen molar-refractivity contribution in [3.8, 4) is 0 Å². The van der Waals surface area contributed by atoms with Gasteiger partial charge in [0.05, 0.1) is 6.10 Å². The van der Waals surface area contributed by atoms with Crippen LogP contribution < -0.4 is 5.32 Å². The lowest BCUT2D eigenvalue weighted by Gasteiger charge is -2.22. The van der Waals surface area contributed by atoms with Gasteiger partial charge < -0.3 is 10.4 Å². The number of hydrogen-bond acceptors (Lipinski definition) is 2. The minimum Gasteiger partial charge on any atom is -0.392 e. The second-order valence-electron chi connectivity index (χ2n) is 5.79. The van der Waals surface area contributed by atoms with Gasteiger partial charge in [-0.25, -0.2) is 4.39 Å². The molecule has 1 aromatic rings. The molecule has 0 saturated heterocycles. The lowest BCUT2D eigenvalue weighted by atomic mass is 9.89. The first-order chi connectivity index (χ1) is 8.28. The van der Waals surface area contributed by atoms with Crippen molar-refractivity contribution in [3.05, 3.63) is 34.6 Å². The number of aliphatic hydroxyl groups excluding tert-OH is 1. The van der Waals surface area contributed by atoms with E-state index in [0.29, 0.717) is 30.1 Å². The van der Waals surface area contributed by atoms with Crippen molar-refractivity contribution < 1.29 is 9.50 Å². The maximum Gasteiger partial charge on any atom is 0.129 e. The molecule has 0 bridgehead atoms. The van der Waals surface area contributed by atoms with Gasteiger partial charge in [-0.3, -0.25) is 0 Å². The molecule has 0 aliphatic rings. The van der Waals surface area contributed by atoms with Crippen molar-refractivity contribution in [2.45, 2.75) is 39.8 Å². The van der Waals surface area contributed by atoms with Crippen LogP contribution in [0.4, 0.5) is 4.39 Å². The van der Waals surface area contributed by atoms with E-state index < -0.39 is 6.10 Å². The highest BCUT2D eigenvalue weighted by atomic mass is 35.5. The Labute approximate surface area is 113 Å². The minimum atomic E-state index is -0.416. The molecule has 0 amide bonds. The summed E-state index contributed by atoms with van der Waals surface area (Å²) in [6, 6.07) is 4.61. The summed E-state index contributed by atoms with van der Waals surface area (Å²) >= 11 is 5.67. The van der Waals surface area contributed by atoms with Crippen LogP contribution in [0.25, 0.3) is 0 Å². The first-order valence-electron chi connectivity index (χ1n) is 6.10. The van der Waals surface area contributed by atoms with Crippen LogP contribution in [0.2, 0.25) is 5.02 Å². The Kier molecular flexibility index (Phi) is 5.57. The Morgan fingerprint density at radius 3 is 2.61 bits per heavy atom. The zero-order valence-corrected chi connectivity index (χ0v) is 11.9. The van der Waals surface area contributed by atoms with Crippen molar-refractivity contribution >= 4 is 11.6 Å². The molecule has 0 heterocycles. The molecular formula is C14H21ClFNO. The maximum atomic E-state index is 13.5. The van der Waals surface area contributed by atoms with Crippen LogP contribution in [0, 0.1) is 11.2 Å². The third kappa shape index (κ3) is 5.80. The predicted molar refractivity (Wildman–Crippen MR) is 73.2 cm³/mol. The number of nitrogens with one attached hydrogen (secondary N) is 1. The Bertz CT molecular complexity index is 390. The lowest BCUT2D eigenvalue weighted by molar-refractivity contribution is 0.119. The van der Waals surface area contributed by atoms with E-state index in [1.54, 1.807) is 12.1 Å². The molecule has 4 heteroatoms. The van der Waals surface area contributed by atoms with Gasteiger partial charge in [-0.05, 0) is 24.0 Å². The molecule has 0 aliphatic carbocycles. The van der Waals surface area contributed by atoms with Crippen LogP contribution in [0.3, 0.4) is 0 Å². The summed E-state index contributed by atoms with van der Waals surface area (Å²) in [5.41, 5.74) is 0.648. The zero-order chi connectivity index (χ0) is 13.8. The third-order valence-electron chi connectivity index (χ3n) is 2.56. The molecule has 0 fully saturated rings. The van der Waals surface area contributed by atoms with Gasteiger partial charge in [0.25, 0.3) is 0 Å². The standard InChI is InChI=1S/C14H21ClFNO/c1-14(2,3)7-12(18)9-17-8-10-4-5-11(15)6-13(10)16/h4-6,12,17-18H,7-9H2,1-3H3. The highest BCUT2D eigenvalue weighted by Gasteiger charge is 2.16. The summed E-state index contributed by atoms with van der Waals surface area (Å²) in [5.74, 6) is -0.319. The van der Waals surface area contributed by atoms with Crippen LogP contribution in [-0.2, 0) is 6.54 Å². The van der Waals surface area contributed by atoms with Gasteiger partial charge in [0.1, 0.15) is 5.82 Å². The molecule has 0 saturated carbocycles. The van der Waals surface area contributed by atoms with Gasteiger partial charge in [0, 0.05) is 23.7 Å². The van der Waals surface area contributed by atoms with E-state index in [1.807, 2.05) is 0 Å². The number of benzene rings is 1. The molecule has 1 unspecified atom stereocenters. The quantitative estimate of drug-likeness (QED) is 0.862. The highest BCUT2D eigenvalue weighted by molar-refractivity contribution is 6.30.